The molecule has 0 radical (unpaired) electrons. The van der Waals surface area contributed by atoms with E-state index in [1.54, 1.807) is 29.8 Å². The summed E-state index contributed by atoms with van der Waals surface area (Å²) < 4.78 is 11.2. The molecule has 26 heavy (non-hydrogen) atoms. The van der Waals surface area contributed by atoms with E-state index in [2.05, 4.69) is 10.3 Å². The Labute approximate surface area is 152 Å². The molecule has 0 aliphatic rings. The Balaban J connectivity index is 1.79. The first kappa shape index (κ1) is 17.6. The lowest BCUT2D eigenvalue weighted by atomic mass is 10.1. The fraction of sp³-hybridized carbons (Fsp3) is 0.176. The Bertz CT molecular complexity index is 1040. The smallest absolute Gasteiger partial charge is 0.341 e. The van der Waals surface area contributed by atoms with E-state index < -0.39 is 17.4 Å². The summed E-state index contributed by atoms with van der Waals surface area (Å²) in [7, 11) is 2.72. The van der Waals surface area contributed by atoms with Gasteiger partial charge in [-0.25, -0.2) is 9.78 Å². The molecule has 134 valence electrons. The molecule has 3 rings (SSSR count). The first-order chi connectivity index (χ1) is 12.5. The summed E-state index contributed by atoms with van der Waals surface area (Å²) in [6, 6.07) is 4.89. The highest BCUT2D eigenvalue weighted by molar-refractivity contribution is 7.15. The van der Waals surface area contributed by atoms with Crippen molar-refractivity contribution in [3.63, 3.8) is 0 Å². The van der Waals surface area contributed by atoms with Crippen LogP contribution in [-0.4, -0.2) is 35.5 Å². The number of benzene rings is 1. The lowest BCUT2D eigenvalue weighted by Crippen LogP contribution is -2.30. The number of ether oxygens (including phenoxy) is 2. The van der Waals surface area contributed by atoms with Crippen LogP contribution in [0.2, 0.25) is 0 Å². The number of rotatable bonds is 5. The number of aromatic nitrogens is 2. The second kappa shape index (κ2) is 7.36. The van der Waals surface area contributed by atoms with Crippen molar-refractivity contribution in [3.8, 4) is 5.75 Å². The van der Waals surface area contributed by atoms with Crippen molar-refractivity contribution in [1.29, 1.82) is 0 Å². The Morgan fingerprint density at radius 3 is 2.81 bits per heavy atom. The van der Waals surface area contributed by atoms with Gasteiger partial charge < -0.3 is 14.8 Å². The van der Waals surface area contributed by atoms with Gasteiger partial charge in [0, 0.05) is 24.3 Å². The Kier molecular flexibility index (Phi) is 4.99. The minimum absolute atomic E-state index is 0.0531. The van der Waals surface area contributed by atoms with Crippen LogP contribution in [0.5, 0.6) is 5.75 Å². The van der Waals surface area contributed by atoms with E-state index in [0.717, 1.165) is 0 Å². The first-order valence-corrected chi connectivity index (χ1v) is 8.41. The second-order valence-electron chi connectivity index (χ2n) is 5.24. The molecule has 8 nitrogen and oxygen atoms in total. The van der Waals surface area contributed by atoms with Gasteiger partial charge in [0.2, 0.25) is 0 Å². The Morgan fingerprint density at radius 1 is 1.27 bits per heavy atom. The maximum Gasteiger partial charge on any atom is 0.341 e. The number of carbonyl (C=O) groups is 2. The third-order valence-corrected chi connectivity index (χ3v) is 4.48. The number of thiazole rings is 1. The minimum atomic E-state index is -0.543. The molecule has 2 aromatic heterocycles. The van der Waals surface area contributed by atoms with Crippen molar-refractivity contribution in [2.45, 2.75) is 6.54 Å². The maximum absolute atomic E-state index is 12.3. The predicted octanol–water partition coefficient (Wildman–Crippen LogP) is 1.48. The van der Waals surface area contributed by atoms with E-state index in [1.165, 1.54) is 36.2 Å². The summed E-state index contributed by atoms with van der Waals surface area (Å²) in [4.78, 5) is 41.0. The number of methoxy groups -OCH3 is 2. The van der Waals surface area contributed by atoms with E-state index in [-0.39, 0.29) is 17.7 Å². The fourth-order valence-electron chi connectivity index (χ4n) is 2.39. The zero-order chi connectivity index (χ0) is 18.7. The van der Waals surface area contributed by atoms with E-state index in [1.807, 2.05) is 0 Å². The number of amides is 1. The van der Waals surface area contributed by atoms with E-state index >= 15 is 0 Å². The molecule has 1 aromatic carbocycles. The Morgan fingerprint density at radius 2 is 2.08 bits per heavy atom. The molecule has 0 saturated carbocycles. The molecule has 2 heterocycles. The van der Waals surface area contributed by atoms with Gasteiger partial charge in [0.05, 0.1) is 14.2 Å². The summed E-state index contributed by atoms with van der Waals surface area (Å²) in [6.45, 7) is 0.124. The molecule has 0 aliphatic carbocycles. The molecule has 0 unspecified atom stereocenters. The van der Waals surface area contributed by atoms with Crippen LogP contribution in [0.1, 0.15) is 26.3 Å². The van der Waals surface area contributed by atoms with Crippen molar-refractivity contribution >= 4 is 28.2 Å². The number of hydrogen-bond acceptors (Lipinski definition) is 7. The normalized spacial score (nSPS) is 10.5. The number of hydrogen-bond donors (Lipinski definition) is 1. The summed E-state index contributed by atoms with van der Waals surface area (Å²) in [5, 5.41) is 4.37. The monoisotopic (exact) mass is 373 g/mol. The SMILES string of the molecule is COC(=O)c1cc(CNC(=O)c2cnc3sccn3c2=O)ccc1OC. The first-order valence-electron chi connectivity index (χ1n) is 7.53. The average Bonchev–Trinajstić information content (AvgIpc) is 3.15. The van der Waals surface area contributed by atoms with Crippen LogP contribution >= 0.6 is 11.3 Å². The van der Waals surface area contributed by atoms with Crippen LogP contribution in [0, 0.1) is 0 Å². The van der Waals surface area contributed by atoms with Gasteiger partial charge >= 0.3 is 5.97 Å². The quantitative estimate of drug-likeness (QED) is 0.680. The van der Waals surface area contributed by atoms with Gasteiger partial charge in [-0.15, -0.1) is 11.3 Å². The molecule has 0 fully saturated rings. The van der Waals surface area contributed by atoms with Crippen molar-refractivity contribution in [2.24, 2.45) is 0 Å². The third-order valence-electron chi connectivity index (χ3n) is 3.71. The van der Waals surface area contributed by atoms with Crippen molar-refractivity contribution in [3.05, 3.63) is 63.0 Å². The highest BCUT2D eigenvalue weighted by Crippen LogP contribution is 2.20. The molecule has 0 bridgehead atoms. The second-order valence-corrected chi connectivity index (χ2v) is 6.11. The van der Waals surface area contributed by atoms with Gasteiger partial charge in [-0.3, -0.25) is 14.0 Å². The zero-order valence-electron chi connectivity index (χ0n) is 14.0. The standard InChI is InChI=1S/C17H15N3O5S/c1-24-13-4-3-10(7-11(13)16(23)25-2)8-18-14(21)12-9-19-17-20(15(12)22)5-6-26-17/h3-7,9H,8H2,1-2H3,(H,18,21). The summed E-state index contributed by atoms with van der Waals surface area (Å²) in [6.07, 6.45) is 2.83. The van der Waals surface area contributed by atoms with Gasteiger partial charge in [-0.05, 0) is 17.7 Å². The van der Waals surface area contributed by atoms with Crippen LogP contribution in [0.15, 0.2) is 40.8 Å². The third kappa shape index (κ3) is 3.29. The van der Waals surface area contributed by atoms with Crippen LogP contribution in [0.25, 0.3) is 4.96 Å². The highest BCUT2D eigenvalue weighted by Gasteiger charge is 2.16. The maximum atomic E-state index is 12.3. The lowest BCUT2D eigenvalue weighted by molar-refractivity contribution is 0.0597. The number of fused-ring (bicyclic) bond motifs is 1. The van der Waals surface area contributed by atoms with E-state index in [9.17, 15) is 14.4 Å². The average molecular weight is 373 g/mol. The molecule has 3 aromatic rings. The summed E-state index contributed by atoms with van der Waals surface area (Å²) in [5.41, 5.74) is 0.425. The topological polar surface area (TPSA) is 99.0 Å². The number of nitrogens with zero attached hydrogens (tertiary/aromatic N) is 2. The molecular weight excluding hydrogens is 358 g/mol. The van der Waals surface area contributed by atoms with Crippen LogP contribution in [0.3, 0.4) is 0 Å². The highest BCUT2D eigenvalue weighted by atomic mass is 32.1. The minimum Gasteiger partial charge on any atom is -0.496 e. The number of esters is 1. The van der Waals surface area contributed by atoms with E-state index in [0.29, 0.717) is 16.3 Å². The fourth-order valence-corrected chi connectivity index (χ4v) is 3.07. The molecule has 9 heteroatoms. The van der Waals surface area contributed by atoms with Gasteiger partial charge in [0.1, 0.15) is 16.9 Å². The van der Waals surface area contributed by atoms with Crippen LogP contribution in [0.4, 0.5) is 0 Å². The van der Waals surface area contributed by atoms with Gasteiger partial charge in [-0.1, -0.05) is 6.07 Å². The zero-order valence-corrected chi connectivity index (χ0v) is 14.8. The molecule has 1 N–H and O–H groups in total. The number of carbonyl (C=O) groups excluding carboxylic acids is 2. The van der Waals surface area contributed by atoms with Gasteiger partial charge in [0.15, 0.2) is 4.96 Å². The predicted molar refractivity (Wildman–Crippen MR) is 94.8 cm³/mol. The van der Waals surface area contributed by atoms with Gasteiger partial charge in [-0.2, -0.15) is 0 Å². The lowest BCUT2D eigenvalue weighted by Gasteiger charge is -2.10. The van der Waals surface area contributed by atoms with Crippen LogP contribution < -0.4 is 15.6 Å². The number of nitrogens with one attached hydrogen (secondary N) is 1. The molecule has 0 spiro atoms. The van der Waals surface area contributed by atoms with Gasteiger partial charge in [0.25, 0.3) is 11.5 Å². The molecule has 0 atom stereocenters. The largest absolute Gasteiger partial charge is 0.496 e. The molecule has 0 saturated heterocycles. The summed E-state index contributed by atoms with van der Waals surface area (Å²) in [5.74, 6) is -0.712. The van der Waals surface area contributed by atoms with Crippen molar-refractivity contribution in [1.82, 2.24) is 14.7 Å². The molecule has 0 aliphatic heterocycles. The van der Waals surface area contributed by atoms with Crippen molar-refractivity contribution < 1.29 is 19.1 Å². The molecular formula is C17H15N3O5S. The van der Waals surface area contributed by atoms with Crippen LogP contribution in [-0.2, 0) is 11.3 Å². The van der Waals surface area contributed by atoms with E-state index in [4.69, 9.17) is 9.47 Å². The Hall–Kier alpha value is -3.20. The molecule has 1 amide bonds. The summed E-state index contributed by atoms with van der Waals surface area (Å²) >= 11 is 1.31. The van der Waals surface area contributed by atoms with Crippen molar-refractivity contribution in [2.75, 3.05) is 14.2 Å².